The summed E-state index contributed by atoms with van der Waals surface area (Å²) in [5.74, 6) is -0.0119. The summed E-state index contributed by atoms with van der Waals surface area (Å²) < 4.78 is 4.99. The molecule has 1 unspecified atom stereocenters. The number of hydrogen-bond acceptors (Lipinski definition) is 2. The molecule has 2 heteroatoms. The van der Waals surface area contributed by atoms with Crippen LogP contribution in [0.4, 0.5) is 0 Å². The largest absolute Gasteiger partial charge is 0.465 e. The highest BCUT2D eigenvalue weighted by Crippen LogP contribution is 2.32. The van der Waals surface area contributed by atoms with Gasteiger partial charge in [0.05, 0.1) is 12.7 Å². The second-order valence-electron chi connectivity index (χ2n) is 6.60. The Kier molecular flexibility index (Phi) is 8.24. The molecule has 2 aromatic rings. The molecule has 0 heterocycles. The number of ether oxygens (including phenoxy) is 1. The summed E-state index contributed by atoms with van der Waals surface area (Å²) in [6.07, 6.45) is 8.72. The van der Waals surface area contributed by atoms with Crippen molar-refractivity contribution in [2.45, 2.75) is 57.8 Å². The Labute approximate surface area is 152 Å². The van der Waals surface area contributed by atoms with Crippen molar-refractivity contribution in [2.24, 2.45) is 0 Å². The van der Waals surface area contributed by atoms with Gasteiger partial charge in [-0.1, -0.05) is 94.0 Å². The maximum Gasteiger partial charge on any atom is 0.338 e. The van der Waals surface area contributed by atoms with Gasteiger partial charge in [0.2, 0.25) is 0 Å². The average molecular weight is 338 g/mol. The van der Waals surface area contributed by atoms with Gasteiger partial charge in [-0.05, 0) is 23.6 Å². The monoisotopic (exact) mass is 338 g/mol. The molecule has 0 aliphatic heterocycles. The Morgan fingerprint density at radius 3 is 2.24 bits per heavy atom. The minimum Gasteiger partial charge on any atom is -0.465 e. The maximum absolute atomic E-state index is 12.2. The molecule has 1 atom stereocenters. The van der Waals surface area contributed by atoms with E-state index in [9.17, 15) is 4.79 Å². The number of carbonyl (C=O) groups excluding carboxylic acids is 1. The van der Waals surface area contributed by atoms with Crippen molar-refractivity contribution < 1.29 is 9.53 Å². The van der Waals surface area contributed by atoms with Crippen molar-refractivity contribution >= 4 is 5.97 Å². The van der Waals surface area contributed by atoms with Gasteiger partial charge < -0.3 is 4.74 Å². The number of carbonyl (C=O) groups is 1. The molecule has 25 heavy (non-hydrogen) atoms. The van der Waals surface area contributed by atoms with E-state index in [1.807, 2.05) is 24.3 Å². The zero-order valence-electron chi connectivity index (χ0n) is 15.5. The van der Waals surface area contributed by atoms with Crippen LogP contribution >= 0.6 is 0 Å². The Bertz CT molecular complexity index is 634. The average Bonchev–Trinajstić information content (AvgIpc) is 2.67. The highest BCUT2D eigenvalue weighted by molar-refractivity contribution is 5.91. The van der Waals surface area contributed by atoms with Crippen molar-refractivity contribution in [3.05, 3.63) is 71.3 Å². The quantitative estimate of drug-likeness (QED) is 0.372. The summed E-state index contributed by atoms with van der Waals surface area (Å²) in [6.45, 7) is 2.25. The number of hydrogen-bond donors (Lipinski definition) is 0. The molecule has 0 spiro atoms. The lowest BCUT2D eigenvalue weighted by Crippen LogP contribution is -2.10. The van der Waals surface area contributed by atoms with Gasteiger partial charge in [0.25, 0.3) is 0 Å². The Balaban J connectivity index is 2.17. The first-order valence-corrected chi connectivity index (χ1v) is 9.50. The van der Waals surface area contributed by atoms with E-state index in [2.05, 4.69) is 37.3 Å². The molecular formula is C23H30O2. The molecule has 0 aliphatic carbocycles. The summed E-state index contributed by atoms with van der Waals surface area (Å²) in [6, 6.07) is 18.4. The summed E-state index contributed by atoms with van der Waals surface area (Å²) in [7, 11) is 1.45. The van der Waals surface area contributed by atoms with Crippen LogP contribution in [0.2, 0.25) is 0 Å². The molecule has 0 bridgehead atoms. The number of benzene rings is 2. The van der Waals surface area contributed by atoms with Gasteiger partial charge in [0.1, 0.15) is 0 Å². The van der Waals surface area contributed by atoms with Crippen molar-refractivity contribution in [3.8, 4) is 0 Å². The van der Waals surface area contributed by atoms with E-state index in [4.69, 9.17) is 4.74 Å². The number of unbranched alkanes of at least 4 members (excludes halogenated alkanes) is 5. The smallest absolute Gasteiger partial charge is 0.338 e. The van der Waals surface area contributed by atoms with Crippen molar-refractivity contribution in [2.75, 3.05) is 7.11 Å². The SMILES string of the molecule is CCCCCCCCC(c1ccccc1)c1ccccc1C(=O)OC. The predicted molar refractivity (Wildman–Crippen MR) is 104 cm³/mol. The first-order chi connectivity index (χ1) is 12.3. The fraction of sp³-hybridized carbons (Fsp3) is 0.435. The highest BCUT2D eigenvalue weighted by Gasteiger charge is 2.20. The van der Waals surface area contributed by atoms with Crippen LogP contribution in [0.3, 0.4) is 0 Å². The zero-order chi connectivity index (χ0) is 17.9. The molecule has 2 nitrogen and oxygen atoms in total. The first-order valence-electron chi connectivity index (χ1n) is 9.50. The minimum atomic E-state index is -0.250. The first kappa shape index (κ1) is 19.2. The molecule has 0 aromatic heterocycles. The van der Waals surface area contributed by atoms with Gasteiger partial charge in [-0.2, -0.15) is 0 Å². The molecule has 0 amide bonds. The van der Waals surface area contributed by atoms with Crippen molar-refractivity contribution in [1.82, 2.24) is 0 Å². The highest BCUT2D eigenvalue weighted by atomic mass is 16.5. The third kappa shape index (κ3) is 5.74. The van der Waals surface area contributed by atoms with Gasteiger partial charge >= 0.3 is 5.97 Å². The van der Waals surface area contributed by atoms with E-state index < -0.39 is 0 Å². The fourth-order valence-electron chi connectivity index (χ4n) is 3.41. The number of rotatable bonds is 10. The Hall–Kier alpha value is -2.09. The maximum atomic E-state index is 12.2. The van der Waals surface area contributed by atoms with E-state index in [-0.39, 0.29) is 11.9 Å². The van der Waals surface area contributed by atoms with E-state index >= 15 is 0 Å². The number of methoxy groups -OCH3 is 1. The lowest BCUT2D eigenvalue weighted by molar-refractivity contribution is 0.0599. The van der Waals surface area contributed by atoms with Crippen molar-refractivity contribution in [1.29, 1.82) is 0 Å². The van der Waals surface area contributed by atoms with Gasteiger partial charge in [0, 0.05) is 5.92 Å². The van der Waals surface area contributed by atoms with E-state index in [0.29, 0.717) is 5.56 Å². The fourth-order valence-corrected chi connectivity index (χ4v) is 3.41. The van der Waals surface area contributed by atoms with E-state index in [1.54, 1.807) is 0 Å². The van der Waals surface area contributed by atoms with E-state index in [1.165, 1.54) is 51.2 Å². The van der Waals surface area contributed by atoms with Gasteiger partial charge in [0.15, 0.2) is 0 Å². The van der Waals surface area contributed by atoms with Crippen LogP contribution in [0.15, 0.2) is 54.6 Å². The summed E-state index contributed by atoms with van der Waals surface area (Å²) >= 11 is 0. The minimum absolute atomic E-state index is 0.239. The van der Waals surface area contributed by atoms with Crippen LogP contribution in [0.1, 0.15) is 79.3 Å². The zero-order valence-corrected chi connectivity index (χ0v) is 15.5. The molecule has 0 saturated heterocycles. The van der Waals surface area contributed by atoms with Crippen LogP contribution in [0.5, 0.6) is 0 Å². The molecule has 0 saturated carbocycles. The molecule has 2 rings (SSSR count). The molecule has 0 fully saturated rings. The molecule has 0 radical (unpaired) electrons. The van der Waals surface area contributed by atoms with Gasteiger partial charge in [-0.15, -0.1) is 0 Å². The molecule has 0 aliphatic rings. The third-order valence-electron chi connectivity index (χ3n) is 4.79. The van der Waals surface area contributed by atoms with Crippen LogP contribution < -0.4 is 0 Å². The summed E-state index contributed by atoms with van der Waals surface area (Å²) in [4.78, 5) is 12.2. The summed E-state index contributed by atoms with van der Waals surface area (Å²) in [5, 5.41) is 0. The lowest BCUT2D eigenvalue weighted by atomic mass is 9.84. The summed E-state index contributed by atoms with van der Waals surface area (Å²) in [5.41, 5.74) is 3.03. The van der Waals surface area contributed by atoms with Crippen LogP contribution in [-0.2, 0) is 4.74 Å². The Morgan fingerprint density at radius 1 is 0.880 bits per heavy atom. The number of esters is 1. The third-order valence-corrected chi connectivity index (χ3v) is 4.79. The van der Waals surface area contributed by atoms with Gasteiger partial charge in [-0.25, -0.2) is 4.79 Å². The van der Waals surface area contributed by atoms with E-state index in [0.717, 1.165) is 12.0 Å². The standard InChI is InChI=1S/C23H30O2/c1-3-4-5-6-7-11-16-20(19-14-9-8-10-15-19)21-17-12-13-18-22(21)23(24)25-2/h8-10,12-15,17-18,20H,3-7,11,16H2,1-2H3. The second-order valence-corrected chi connectivity index (χ2v) is 6.60. The topological polar surface area (TPSA) is 26.3 Å². The molecule has 0 N–H and O–H groups in total. The van der Waals surface area contributed by atoms with Crippen molar-refractivity contribution in [3.63, 3.8) is 0 Å². The Morgan fingerprint density at radius 2 is 1.52 bits per heavy atom. The van der Waals surface area contributed by atoms with Crippen LogP contribution in [0.25, 0.3) is 0 Å². The van der Waals surface area contributed by atoms with Crippen LogP contribution in [-0.4, -0.2) is 13.1 Å². The molecule has 134 valence electrons. The van der Waals surface area contributed by atoms with Crippen LogP contribution in [0, 0.1) is 0 Å². The molecular weight excluding hydrogens is 308 g/mol. The molecule has 2 aromatic carbocycles. The predicted octanol–water partition coefficient (Wildman–Crippen LogP) is 6.36. The lowest BCUT2D eigenvalue weighted by Gasteiger charge is -2.20. The van der Waals surface area contributed by atoms with Gasteiger partial charge in [-0.3, -0.25) is 0 Å². The second kappa shape index (κ2) is 10.7. The normalized spacial score (nSPS) is 11.9.